The van der Waals surface area contributed by atoms with Gasteiger partial charge in [0.1, 0.15) is 0 Å². The first-order valence-corrected chi connectivity index (χ1v) is 10.5. The Morgan fingerprint density at radius 2 is 1.84 bits per heavy atom. The summed E-state index contributed by atoms with van der Waals surface area (Å²) >= 11 is 0. The predicted octanol–water partition coefficient (Wildman–Crippen LogP) is 3.65. The Hall–Kier alpha value is -3.20. The molecular formula is C23H27F2N3O4. The number of alkyl halides is 2. The lowest BCUT2D eigenvalue weighted by Crippen LogP contribution is -2.33. The summed E-state index contributed by atoms with van der Waals surface area (Å²) in [5.41, 5.74) is 1.93. The van der Waals surface area contributed by atoms with Gasteiger partial charge in [-0.05, 0) is 61.8 Å². The fourth-order valence-corrected chi connectivity index (χ4v) is 3.59. The van der Waals surface area contributed by atoms with Crippen LogP contribution in [0.5, 0.6) is 11.5 Å². The van der Waals surface area contributed by atoms with E-state index in [1.807, 2.05) is 18.2 Å². The standard InChI is InChI=1S/C23H27F2N3O4/c1-31-20-13-17(8-9-19(20)32-23(24)25)22(30)26-14-21(29)27-18-7-5-6-16(12-18)15-28-10-3-2-4-11-28/h5-9,12-13,23H,2-4,10-11,14-15H2,1H3,(H,26,30)(H,27,29). The number of piperidine rings is 1. The Morgan fingerprint density at radius 1 is 1.06 bits per heavy atom. The zero-order valence-electron chi connectivity index (χ0n) is 17.9. The number of rotatable bonds is 9. The summed E-state index contributed by atoms with van der Waals surface area (Å²) in [4.78, 5) is 27.0. The van der Waals surface area contributed by atoms with Crippen molar-refractivity contribution in [3.8, 4) is 11.5 Å². The Kier molecular flexibility index (Phi) is 8.38. The molecule has 1 aliphatic rings. The highest BCUT2D eigenvalue weighted by Gasteiger charge is 2.15. The average molecular weight is 447 g/mol. The Bertz CT molecular complexity index is 933. The van der Waals surface area contributed by atoms with Crippen molar-refractivity contribution in [2.45, 2.75) is 32.4 Å². The van der Waals surface area contributed by atoms with Gasteiger partial charge in [-0.2, -0.15) is 8.78 Å². The second-order valence-electron chi connectivity index (χ2n) is 7.51. The van der Waals surface area contributed by atoms with Gasteiger partial charge in [0.2, 0.25) is 5.91 Å². The number of anilines is 1. The highest BCUT2D eigenvalue weighted by atomic mass is 19.3. The van der Waals surface area contributed by atoms with Crippen LogP contribution in [0.3, 0.4) is 0 Å². The molecule has 0 aromatic heterocycles. The highest BCUT2D eigenvalue weighted by molar-refractivity contribution is 5.99. The van der Waals surface area contributed by atoms with E-state index in [1.165, 1.54) is 44.6 Å². The van der Waals surface area contributed by atoms with Gasteiger partial charge < -0.3 is 20.1 Å². The van der Waals surface area contributed by atoms with Crippen LogP contribution in [0.2, 0.25) is 0 Å². The molecule has 7 nitrogen and oxygen atoms in total. The number of hydrogen-bond acceptors (Lipinski definition) is 5. The zero-order valence-corrected chi connectivity index (χ0v) is 17.9. The van der Waals surface area contributed by atoms with Gasteiger partial charge in [0.05, 0.1) is 13.7 Å². The molecule has 3 rings (SSSR count). The first kappa shape index (κ1) is 23.5. The van der Waals surface area contributed by atoms with Gasteiger partial charge in [0.25, 0.3) is 5.91 Å². The summed E-state index contributed by atoms with van der Waals surface area (Å²) in [6.45, 7) is -0.239. The largest absolute Gasteiger partial charge is 0.493 e. The van der Waals surface area contributed by atoms with E-state index in [0.29, 0.717) is 5.69 Å². The number of hydrogen-bond donors (Lipinski definition) is 2. The topological polar surface area (TPSA) is 79.9 Å². The maximum Gasteiger partial charge on any atom is 0.387 e. The number of ether oxygens (including phenoxy) is 2. The van der Waals surface area contributed by atoms with Gasteiger partial charge >= 0.3 is 6.61 Å². The maximum atomic E-state index is 12.4. The molecule has 2 aromatic carbocycles. The van der Waals surface area contributed by atoms with Crippen LogP contribution in [0.4, 0.5) is 14.5 Å². The second-order valence-corrected chi connectivity index (χ2v) is 7.51. The SMILES string of the molecule is COc1cc(C(=O)NCC(=O)Nc2cccc(CN3CCCCC3)c2)ccc1OC(F)F. The summed E-state index contributed by atoms with van der Waals surface area (Å²) in [7, 11) is 1.28. The highest BCUT2D eigenvalue weighted by Crippen LogP contribution is 2.29. The van der Waals surface area contributed by atoms with E-state index in [9.17, 15) is 18.4 Å². The third-order valence-electron chi connectivity index (χ3n) is 5.12. The molecule has 0 spiro atoms. The van der Waals surface area contributed by atoms with Crippen molar-refractivity contribution >= 4 is 17.5 Å². The van der Waals surface area contributed by atoms with E-state index < -0.39 is 12.5 Å². The zero-order chi connectivity index (χ0) is 22.9. The summed E-state index contributed by atoms with van der Waals surface area (Å²) in [5, 5.41) is 5.29. The van der Waals surface area contributed by atoms with Gasteiger partial charge in [-0.15, -0.1) is 0 Å². The Morgan fingerprint density at radius 3 is 2.56 bits per heavy atom. The fraction of sp³-hybridized carbons (Fsp3) is 0.391. The number of nitrogens with one attached hydrogen (secondary N) is 2. The van der Waals surface area contributed by atoms with E-state index in [1.54, 1.807) is 6.07 Å². The van der Waals surface area contributed by atoms with Gasteiger partial charge in [-0.25, -0.2) is 0 Å². The summed E-state index contributed by atoms with van der Waals surface area (Å²) in [5.74, 6) is -1.10. The van der Waals surface area contributed by atoms with Crippen LogP contribution in [0.15, 0.2) is 42.5 Å². The van der Waals surface area contributed by atoms with Crippen molar-refractivity contribution in [3.05, 3.63) is 53.6 Å². The molecule has 9 heteroatoms. The van der Waals surface area contributed by atoms with Crippen LogP contribution in [0.25, 0.3) is 0 Å². The van der Waals surface area contributed by atoms with Crippen molar-refractivity contribution in [2.24, 2.45) is 0 Å². The van der Waals surface area contributed by atoms with E-state index >= 15 is 0 Å². The number of methoxy groups -OCH3 is 1. The van der Waals surface area contributed by atoms with Crippen LogP contribution in [-0.2, 0) is 11.3 Å². The molecule has 2 N–H and O–H groups in total. The minimum absolute atomic E-state index is 0.00655. The first-order chi connectivity index (χ1) is 15.4. The smallest absolute Gasteiger partial charge is 0.387 e. The third kappa shape index (κ3) is 6.91. The molecule has 0 saturated carbocycles. The molecule has 0 aliphatic carbocycles. The molecular weight excluding hydrogens is 420 g/mol. The number of carbonyl (C=O) groups is 2. The molecule has 0 unspecified atom stereocenters. The maximum absolute atomic E-state index is 12.4. The van der Waals surface area contributed by atoms with Gasteiger partial charge in [0, 0.05) is 17.8 Å². The van der Waals surface area contributed by atoms with Crippen molar-refractivity contribution in [2.75, 3.05) is 32.1 Å². The molecule has 1 aliphatic heterocycles. The molecule has 0 bridgehead atoms. The quantitative estimate of drug-likeness (QED) is 0.614. The minimum Gasteiger partial charge on any atom is -0.493 e. The van der Waals surface area contributed by atoms with Crippen LogP contribution < -0.4 is 20.1 Å². The molecule has 172 valence electrons. The van der Waals surface area contributed by atoms with Crippen molar-refractivity contribution in [1.82, 2.24) is 10.2 Å². The number of nitrogens with zero attached hydrogens (tertiary/aromatic N) is 1. The van der Waals surface area contributed by atoms with E-state index in [0.717, 1.165) is 25.2 Å². The molecule has 1 heterocycles. The minimum atomic E-state index is -3.01. The normalized spacial score (nSPS) is 14.1. The average Bonchev–Trinajstić information content (AvgIpc) is 2.78. The molecule has 2 amide bonds. The van der Waals surface area contributed by atoms with Crippen LogP contribution in [0.1, 0.15) is 35.2 Å². The third-order valence-corrected chi connectivity index (χ3v) is 5.12. The van der Waals surface area contributed by atoms with Crippen LogP contribution in [-0.4, -0.2) is 50.1 Å². The second kappa shape index (κ2) is 11.4. The van der Waals surface area contributed by atoms with Gasteiger partial charge in [-0.1, -0.05) is 18.6 Å². The van der Waals surface area contributed by atoms with E-state index in [2.05, 4.69) is 20.3 Å². The van der Waals surface area contributed by atoms with Crippen molar-refractivity contribution in [3.63, 3.8) is 0 Å². The summed E-state index contributed by atoms with van der Waals surface area (Å²) in [6, 6.07) is 11.5. The van der Waals surface area contributed by atoms with Crippen LogP contribution in [0, 0.1) is 0 Å². The van der Waals surface area contributed by atoms with E-state index in [-0.39, 0.29) is 29.5 Å². The number of halogens is 2. The molecule has 0 radical (unpaired) electrons. The number of likely N-dealkylation sites (tertiary alicyclic amines) is 1. The molecule has 1 saturated heterocycles. The molecule has 0 atom stereocenters. The molecule has 32 heavy (non-hydrogen) atoms. The lowest BCUT2D eigenvalue weighted by Gasteiger charge is -2.26. The number of amides is 2. The predicted molar refractivity (Wildman–Crippen MR) is 116 cm³/mol. The lowest BCUT2D eigenvalue weighted by molar-refractivity contribution is -0.115. The molecule has 1 fully saturated rings. The Balaban J connectivity index is 1.52. The summed E-state index contributed by atoms with van der Waals surface area (Å²) in [6.07, 6.45) is 3.70. The number of benzene rings is 2. The fourth-order valence-electron chi connectivity index (χ4n) is 3.59. The summed E-state index contributed by atoms with van der Waals surface area (Å²) < 4.78 is 34.2. The first-order valence-electron chi connectivity index (χ1n) is 10.5. The number of carbonyl (C=O) groups excluding carboxylic acids is 2. The monoisotopic (exact) mass is 447 g/mol. The van der Waals surface area contributed by atoms with E-state index in [4.69, 9.17) is 4.74 Å². The van der Waals surface area contributed by atoms with Gasteiger partial charge in [-0.3, -0.25) is 14.5 Å². The van der Waals surface area contributed by atoms with Crippen LogP contribution >= 0.6 is 0 Å². The van der Waals surface area contributed by atoms with Crippen molar-refractivity contribution in [1.29, 1.82) is 0 Å². The lowest BCUT2D eigenvalue weighted by atomic mass is 10.1. The van der Waals surface area contributed by atoms with Crippen molar-refractivity contribution < 1.29 is 27.8 Å². The molecule has 2 aromatic rings. The Labute approximate surface area is 185 Å². The van der Waals surface area contributed by atoms with Gasteiger partial charge in [0.15, 0.2) is 11.5 Å².